The first-order valence-corrected chi connectivity index (χ1v) is 8.71. The quantitative estimate of drug-likeness (QED) is 0.854. The molecule has 0 spiro atoms. The molecule has 2 atom stereocenters. The molecule has 2 aliphatic heterocycles. The Balaban J connectivity index is 1.78. The number of rotatable bonds is 5. The lowest BCUT2D eigenvalue weighted by molar-refractivity contribution is -0.151. The highest BCUT2D eigenvalue weighted by Gasteiger charge is 2.53. The first-order valence-electron chi connectivity index (χ1n) is 8.71. The van der Waals surface area contributed by atoms with Crippen LogP contribution in [-0.4, -0.2) is 78.2 Å². The fourth-order valence-corrected chi connectivity index (χ4v) is 4.14. The number of carboxylic acid groups (broad SMARTS) is 1. The van der Waals surface area contributed by atoms with E-state index in [2.05, 4.69) is 9.88 Å². The summed E-state index contributed by atoms with van der Waals surface area (Å²) < 4.78 is 5.13. The maximum Gasteiger partial charge on any atom is 0.311 e. The number of carboxylic acids is 1. The Morgan fingerprint density at radius 3 is 2.80 bits per heavy atom. The normalized spacial score (nSPS) is 26.9. The number of nitrogens with zero attached hydrogens (tertiary/aromatic N) is 3. The van der Waals surface area contributed by atoms with Crippen LogP contribution in [0.4, 0.5) is 0 Å². The molecule has 0 radical (unpaired) electrons. The van der Waals surface area contributed by atoms with Crippen LogP contribution in [0.25, 0.3) is 0 Å². The number of methoxy groups -OCH3 is 1. The lowest BCUT2D eigenvalue weighted by Gasteiger charge is -2.29. The molecule has 2 fully saturated rings. The Hall–Kier alpha value is -1.99. The number of carbonyl (C=O) groups is 2. The molecule has 0 unspecified atom stereocenters. The van der Waals surface area contributed by atoms with Gasteiger partial charge in [0.15, 0.2) is 0 Å². The average Bonchev–Trinajstić information content (AvgIpc) is 2.88. The molecule has 1 amide bonds. The van der Waals surface area contributed by atoms with Crippen molar-refractivity contribution < 1.29 is 19.4 Å². The van der Waals surface area contributed by atoms with Crippen LogP contribution in [0.2, 0.25) is 0 Å². The summed E-state index contributed by atoms with van der Waals surface area (Å²) in [6.07, 6.45) is 4.53. The number of fused-ring (bicyclic) bond motifs is 1. The van der Waals surface area contributed by atoms with E-state index in [0.29, 0.717) is 51.2 Å². The van der Waals surface area contributed by atoms with Crippen molar-refractivity contribution in [2.75, 3.05) is 46.4 Å². The third-order valence-corrected chi connectivity index (χ3v) is 5.51. The zero-order valence-electron chi connectivity index (χ0n) is 14.6. The van der Waals surface area contributed by atoms with Crippen molar-refractivity contribution in [1.29, 1.82) is 0 Å². The zero-order valence-corrected chi connectivity index (χ0v) is 14.6. The van der Waals surface area contributed by atoms with Gasteiger partial charge in [-0.15, -0.1) is 0 Å². The van der Waals surface area contributed by atoms with Crippen LogP contribution in [0.1, 0.15) is 23.2 Å². The maximum atomic E-state index is 12.8. The largest absolute Gasteiger partial charge is 0.481 e. The van der Waals surface area contributed by atoms with Crippen molar-refractivity contribution >= 4 is 11.9 Å². The highest BCUT2D eigenvalue weighted by atomic mass is 16.5. The van der Waals surface area contributed by atoms with Crippen LogP contribution >= 0.6 is 0 Å². The highest BCUT2D eigenvalue weighted by Crippen LogP contribution is 2.43. The Bertz CT molecular complexity index is 624. The van der Waals surface area contributed by atoms with Gasteiger partial charge in [0.05, 0.1) is 12.0 Å². The molecule has 25 heavy (non-hydrogen) atoms. The molecule has 7 heteroatoms. The minimum Gasteiger partial charge on any atom is -0.481 e. The van der Waals surface area contributed by atoms with Crippen LogP contribution in [0.3, 0.4) is 0 Å². The minimum atomic E-state index is -0.763. The monoisotopic (exact) mass is 347 g/mol. The van der Waals surface area contributed by atoms with E-state index in [0.717, 1.165) is 6.54 Å². The fraction of sp³-hybridized carbons (Fsp3) is 0.611. The number of aromatic nitrogens is 1. The van der Waals surface area contributed by atoms with Gasteiger partial charge in [-0.3, -0.25) is 19.5 Å². The van der Waals surface area contributed by atoms with Gasteiger partial charge in [-0.05, 0) is 25.0 Å². The molecular weight excluding hydrogens is 322 g/mol. The van der Waals surface area contributed by atoms with E-state index in [4.69, 9.17) is 4.74 Å². The topological polar surface area (TPSA) is 83.0 Å². The Morgan fingerprint density at radius 1 is 1.36 bits per heavy atom. The minimum absolute atomic E-state index is 0.0427. The maximum absolute atomic E-state index is 12.8. The van der Waals surface area contributed by atoms with Gasteiger partial charge in [-0.25, -0.2) is 0 Å². The number of carbonyl (C=O) groups excluding carboxylic acids is 1. The zero-order chi connectivity index (χ0) is 17.9. The van der Waals surface area contributed by atoms with Gasteiger partial charge < -0.3 is 14.7 Å². The van der Waals surface area contributed by atoms with Crippen molar-refractivity contribution in [2.45, 2.75) is 12.8 Å². The summed E-state index contributed by atoms with van der Waals surface area (Å²) >= 11 is 0. The fourth-order valence-electron chi connectivity index (χ4n) is 4.14. The molecule has 0 saturated carbocycles. The molecule has 3 heterocycles. The molecule has 2 aliphatic rings. The molecule has 0 aromatic carbocycles. The van der Waals surface area contributed by atoms with E-state index in [-0.39, 0.29) is 11.8 Å². The van der Waals surface area contributed by atoms with E-state index in [1.165, 1.54) is 0 Å². The van der Waals surface area contributed by atoms with Gasteiger partial charge in [0, 0.05) is 63.7 Å². The molecule has 1 N–H and O–H groups in total. The first-order chi connectivity index (χ1) is 12.1. The highest BCUT2D eigenvalue weighted by molar-refractivity contribution is 5.94. The third kappa shape index (κ3) is 3.52. The Morgan fingerprint density at radius 2 is 2.12 bits per heavy atom. The van der Waals surface area contributed by atoms with Crippen molar-refractivity contribution in [2.24, 2.45) is 11.3 Å². The van der Waals surface area contributed by atoms with Crippen LogP contribution in [0.15, 0.2) is 24.5 Å². The van der Waals surface area contributed by atoms with Gasteiger partial charge in [-0.1, -0.05) is 0 Å². The summed E-state index contributed by atoms with van der Waals surface area (Å²) in [6, 6.07) is 3.41. The molecule has 2 saturated heterocycles. The number of pyridine rings is 1. The van der Waals surface area contributed by atoms with Gasteiger partial charge in [0.1, 0.15) is 0 Å². The number of ether oxygens (including phenoxy) is 1. The molecule has 3 rings (SSSR count). The lowest BCUT2D eigenvalue weighted by atomic mass is 9.75. The smallest absolute Gasteiger partial charge is 0.311 e. The van der Waals surface area contributed by atoms with Gasteiger partial charge >= 0.3 is 5.97 Å². The summed E-state index contributed by atoms with van der Waals surface area (Å²) in [7, 11) is 1.65. The van der Waals surface area contributed by atoms with Crippen molar-refractivity contribution in [3.05, 3.63) is 30.1 Å². The van der Waals surface area contributed by atoms with Crippen molar-refractivity contribution in [3.63, 3.8) is 0 Å². The molecule has 1 aromatic heterocycles. The molecule has 1 aromatic rings. The SMILES string of the molecule is COCCN1C[C@H]2CN(C(=O)c3ccncc3)CCC[C@@]2(C(=O)O)C1. The predicted molar refractivity (Wildman–Crippen MR) is 91.2 cm³/mol. The van der Waals surface area contributed by atoms with Crippen LogP contribution in [-0.2, 0) is 9.53 Å². The third-order valence-electron chi connectivity index (χ3n) is 5.51. The van der Waals surface area contributed by atoms with Crippen LogP contribution < -0.4 is 0 Å². The van der Waals surface area contributed by atoms with Gasteiger partial charge in [0.2, 0.25) is 0 Å². The number of hydrogen-bond acceptors (Lipinski definition) is 5. The second-order valence-electron chi connectivity index (χ2n) is 6.98. The number of aliphatic carboxylic acids is 1. The second kappa shape index (κ2) is 7.49. The average molecular weight is 347 g/mol. The Kier molecular flexibility index (Phi) is 5.34. The van der Waals surface area contributed by atoms with E-state index >= 15 is 0 Å². The standard InChI is InChI=1S/C18H25N3O4/c1-25-10-9-20-11-15-12-21(16(22)14-3-6-19-7-4-14)8-2-5-18(15,13-20)17(23)24/h3-4,6-7,15H,2,5,8-13H2,1H3,(H,23,24)/t15-,18+/m0/s1. The van der Waals surface area contributed by atoms with E-state index < -0.39 is 11.4 Å². The Labute approximate surface area is 147 Å². The second-order valence-corrected chi connectivity index (χ2v) is 6.98. The molecule has 0 bridgehead atoms. The first kappa shape index (κ1) is 17.8. The van der Waals surface area contributed by atoms with Gasteiger partial charge in [0.25, 0.3) is 5.91 Å². The number of hydrogen-bond donors (Lipinski definition) is 1. The summed E-state index contributed by atoms with van der Waals surface area (Å²) in [5.41, 5.74) is -0.159. The molecule has 136 valence electrons. The van der Waals surface area contributed by atoms with Gasteiger partial charge in [-0.2, -0.15) is 0 Å². The van der Waals surface area contributed by atoms with Crippen LogP contribution in [0, 0.1) is 11.3 Å². The summed E-state index contributed by atoms with van der Waals surface area (Å²) in [5, 5.41) is 9.94. The lowest BCUT2D eigenvalue weighted by Crippen LogP contribution is -2.42. The van der Waals surface area contributed by atoms with E-state index in [1.54, 1.807) is 31.6 Å². The van der Waals surface area contributed by atoms with Crippen molar-refractivity contribution in [3.8, 4) is 0 Å². The van der Waals surface area contributed by atoms with E-state index in [9.17, 15) is 14.7 Å². The van der Waals surface area contributed by atoms with Crippen LogP contribution in [0.5, 0.6) is 0 Å². The van der Waals surface area contributed by atoms with E-state index in [1.807, 2.05) is 4.90 Å². The molecule has 0 aliphatic carbocycles. The number of amides is 1. The molecule has 7 nitrogen and oxygen atoms in total. The number of likely N-dealkylation sites (tertiary alicyclic amines) is 2. The predicted octanol–water partition coefficient (Wildman–Crippen LogP) is 0.967. The van der Waals surface area contributed by atoms with Crippen molar-refractivity contribution in [1.82, 2.24) is 14.8 Å². The summed E-state index contributed by atoms with van der Waals surface area (Å²) in [5.74, 6) is -0.843. The molecular formula is C18H25N3O4. The summed E-state index contributed by atoms with van der Waals surface area (Å²) in [4.78, 5) is 32.8. The summed E-state index contributed by atoms with van der Waals surface area (Å²) in [6.45, 7) is 3.62.